The van der Waals surface area contributed by atoms with Crippen LogP contribution in [0, 0.1) is 6.92 Å². The number of nitrogens with one attached hydrogen (secondary N) is 1. The summed E-state index contributed by atoms with van der Waals surface area (Å²) in [7, 11) is 0. The highest BCUT2D eigenvalue weighted by atomic mass is 79.9. The van der Waals surface area contributed by atoms with Gasteiger partial charge >= 0.3 is 0 Å². The normalized spacial score (nSPS) is 11.8. The third-order valence-electron chi connectivity index (χ3n) is 4.38. The first kappa shape index (κ1) is 22.0. The molecule has 1 N–H and O–H groups in total. The zero-order valence-corrected chi connectivity index (χ0v) is 18.3. The first-order chi connectivity index (χ1) is 13.3. The highest BCUT2D eigenvalue weighted by Crippen LogP contribution is 2.17. The zero-order chi connectivity index (χ0) is 20.7. The fourth-order valence-electron chi connectivity index (χ4n) is 2.72. The molecule has 2 aromatic carbocycles. The SMILES string of the molecule is Cc1ccccc1CN(C(=O)COc1ccc(Br)cc1)[C@@H](C)C(=O)NC(C)C. The fourth-order valence-corrected chi connectivity index (χ4v) is 2.98. The van der Waals surface area contributed by atoms with Crippen LogP contribution < -0.4 is 10.1 Å². The molecular weight excluding hydrogens is 420 g/mol. The average molecular weight is 447 g/mol. The fraction of sp³-hybridized carbons (Fsp3) is 0.364. The largest absolute Gasteiger partial charge is 0.484 e. The van der Waals surface area contributed by atoms with Crippen molar-refractivity contribution in [2.24, 2.45) is 0 Å². The van der Waals surface area contributed by atoms with Crippen molar-refractivity contribution in [3.05, 3.63) is 64.1 Å². The number of halogens is 1. The highest BCUT2D eigenvalue weighted by molar-refractivity contribution is 9.10. The lowest BCUT2D eigenvalue weighted by Crippen LogP contribution is -2.50. The lowest BCUT2D eigenvalue weighted by Gasteiger charge is -2.29. The summed E-state index contributed by atoms with van der Waals surface area (Å²) in [4.78, 5) is 27.0. The Morgan fingerprint density at radius 3 is 2.32 bits per heavy atom. The minimum Gasteiger partial charge on any atom is -0.484 e. The molecule has 2 rings (SSSR count). The van der Waals surface area contributed by atoms with E-state index in [0.717, 1.165) is 15.6 Å². The van der Waals surface area contributed by atoms with Crippen molar-refractivity contribution in [1.82, 2.24) is 10.2 Å². The maximum absolute atomic E-state index is 12.9. The van der Waals surface area contributed by atoms with Gasteiger partial charge in [-0.15, -0.1) is 0 Å². The van der Waals surface area contributed by atoms with Crippen LogP contribution in [0.2, 0.25) is 0 Å². The smallest absolute Gasteiger partial charge is 0.261 e. The van der Waals surface area contributed by atoms with Crippen molar-refractivity contribution in [2.45, 2.75) is 46.3 Å². The number of hydrogen-bond donors (Lipinski definition) is 1. The minimum absolute atomic E-state index is 0.00405. The Kier molecular flexibility index (Phi) is 8.05. The molecule has 28 heavy (non-hydrogen) atoms. The van der Waals surface area contributed by atoms with Crippen LogP contribution in [-0.4, -0.2) is 35.4 Å². The van der Waals surface area contributed by atoms with E-state index in [2.05, 4.69) is 21.2 Å². The van der Waals surface area contributed by atoms with Gasteiger partial charge in [-0.1, -0.05) is 40.2 Å². The summed E-state index contributed by atoms with van der Waals surface area (Å²) in [5.74, 6) is 0.185. The van der Waals surface area contributed by atoms with Crippen molar-refractivity contribution in [3.8, 4) is 5.75 Å². The van der Waals surface area contributed by atoms with Crippen molar-refractivity contribution < 1.29 is 14.3 Å². The summed E-state index contributed by atoms with van der Waals surface area (Å²) in [6.07, 6.45) is 0. The molecule has 2 aromatic rings. The number of hydrogen-bond acceptors (Lipinski definition) is 3. The quantitative estimate of drug-likeness (QED) is 0.664. The Labute approximate surface area is 175 Å². The molecule has 0 unspecified atom stereocenters. The number of amides is 2. The molecule has 0 aliphatic heterocycles. The second-order valence-electron chi connectivity index (χ2n) is 7.03. The molecule has 150 valence electrons. The van der Waals surface area contributed by atoms with Crippen molar-refractivity contribution in [3.63, 3.8) is 0 Å². The maximum atomic E-state index is 12.9. The molecule has 1 atom stereocenters. The van der Waals surface area contributed by atoms with Gasteiger partial charge in [0.25, 0.3) is 5.91 Å². The molecule has 0 spiro atoms. The molecule has 0 aliphatic carbocycles. The van der Waals surface area contributed by atoms with Gasteiger partial charge in [-0.3, -0.25) is 9.59 Å². The maximum Gasteiger partial charge on any atom is 0.261 e. The summed E-state index contributed by atoms with van der Waals surface area (Å²) >= 11 is 3.37. The Balaban J connectivity index is 2.15. The van der Waals surface area contributed by atoms with Crippen molar-refractivity contribution in [1.29, 1.82) is 0 Å². The molecule has 0 aromatic heterocycles. The summed E-state index contributed by atoms with van der Waals surface area (Å²) in [6.45, 7) is 7.75. The molecule has 0 heterocycles. The second-order valence-corrected chi connectivity index (χ2v) is 7.95. The van der Waals surface area contributed by atoms with E-state index < -0.39 is 6.04 Å². The lowest BCUT2D eigenvalue weighted by atomic mass is 10.1. The highest BCUT2D eigenvalue weighted by Gasteiger charge is 2.27. The van der Waals surface area contributed by atoms with Gasteiger partial charge in [-0.05, 0) is 63.1 Å². The molecule has 6 heteroatoms. The number of ether oxygens (including phenoxy) is 1. The van der Waals surface area contributed by atoms with Gasteiger partial charge in [0.2, 0.25) is 5.91 Å². The van der Waals surface area contributed by atoms with E-state index in [4.69, 9.17) is 4.74 Å². The topological polar surface area (TPSA) is 58.6 Å². The van der Waals surface area contributed by atoms with Crippen LogP contribution in [0.15, 0.2) is 53.0 Å². The van der Waals surface area contributed by atoms with Crippen LogP contribution in [-0.2, 0) is 16.1 Å². The molecule has 2 amide bonds. The van der Waals surface area contributed by atoms with Crippen LogP contribution in [0.25, 0.3) is 0 Å². The molecular formula is C22H27BrN2O3. The minimum atomic E-state index is -0.608. The Hall–Kier alpha value is -2.34. The molecule has 5 nitrogen and oxygen atoms in total. The number of carbonyl (C=O) groups is 2. The number of carbonyl (C=O) groups excluding carboxylic acids is 2. The van der Waals surface area contributed by atoms with Crippen LogP contribution >= 0.6 is 15.9 Å². The van der Waals surface area contributed by atoms with Crippen LogP contribution in [0.3, 0.4) is 0 Å². The van der Waals surface area contributed by atoms with Gasteiger partial charge in [0.1, 0.15) is 11.8 Å². The molecule has 0 radical (unpaired) electrons. The first-order valence-corrected chi connectivity index (χ1v) is 10.1. The van der Waals surface area contributed by atoms with Crippen molar-refractivity contribution >= 4 is 27.7 Å². The van der Waals surface area contributed by atoms with Crippen LogP contribution in [0.4, 0.5) is 0 Å². The second kappa shape index (κ2) is 10.3. The Morgan fingerprint density at radius 1 is 1.07 bits per heavy atom. The first-order valence-electron chi connectivity index (χ1n) is 9.30. The molecule has 0 saturated carbocycles. The van der Waals surface area contributed by atoms with Gasteiger partial charge in [0.15, 0.2) is 6.61 Å². The summed E-state index contributed by atoms with van der Waals surface area (Å²) < 4.78 is 6.58. The number of aryl methyl sites for hydroxylation is 1. The Bertz CT molecular complexity index is 806. The summed E-state index contributed by atoms with van der Waals surface area (Å²) in [6, 6.07) is 14.5. The number of benzene rings is 2. The lowest BCUT2D eigenvalue weighted by molar-refractivity contribution is -0.142. The third kappa shape index (κ3) is 6.37. The van der Waals surface area contributed by atoms with E-state index in [0.29, 0.717) is 12.3 Å². The van der Waals surface area contributed by atoms with E-state index in [1.54, 1.807) is 24.0 Å². The van der Waals surface area contributed by atoms with E-state index in [1.807, 2.05) is 57.2 Å². The van der Waals surface area contributed by atoms with E-state index in [1.165, 1.54) is 0 Å². The van der Waals surface area contributed by atoms with Gasteiger partial charge in [0.05, 0.1) is 0 Å². The summed E-state index contributed by atoms with van der Waals surface area (Å²) in [5, 5.41) is 2.88. The van der Waals surface area contributed by atoms with E-state index in [-0.39, 0.29) is 24.5 Å². The molecule has 0 saturated heterocycles. The van der Waals surface area contributed by atoms with Gasteiger partial charge in [-0.25, -0.2) is 0 Å². The van der Waals surface area contributed by atoms with Gasteiger partial charge in [0, 0.05) is 17.1 Å². The third-order valence-corrected chi connectivity index (χ3v) is 4.90. The number of rotatable bonds is 8. The van der Waals surface area contributed by atoms with Crippen LogP contribution in [0.5, 0.6) is 5.75 Å². The predicted octanol–water partition coefficient (Wildman–Crippen LogP) is 4.08. The molecule has 0 aliphatic rings. The molecule has 0 bridgehead atoms. The van der Waals surface area contributed by atoms with E-state index >= 15 is 0 Å². The van der Waals surface area contributed by atoms with Gasteiger partial charge in [-0.2, -0.15) is 0 Å². The predicted molar refractivity (Wildman–Crippen MR) is 114 cm³/mol. The van der Waals surface area contributed by atoms with Crippen molar-refractivity contribution in [2.75, 3.05) is 6.61 Å². The zero-order valence-electron chi connectivity index (χ0n) is 16.7. The van der Waals surface area contributed by atoms with E-state index in [9.17, 15) is 9.59 Å². The average Bonchev–Trinajstić information content (AvgIpc) is 2.65. The standard InChI is InChI=1S/C22H27BrN2O3/c1-15(2)24-22(27)17(4)25(13-18-8-6-5-7-16(18)3)21(26)14-28-20-11-9-19(23)10-12-20/h5-12,15,17H,13-14H2,1-4H3,(H,24,27)/t17-/m0/s1. The molecule has 0 fully saturated rings. The Morgan fingerprint density at radius 2 is 1.71 bits per heavy atom. The number of nitrogens with zero attached hydrogens (tertiary/aromatic N) is 1. The monoisotopic (exact) mass is 446 g/mol. The summed E-state index contributed by atoms with van der Waals surface area (Å²) in [5.41, 5.74) is 2.08. The van der Waals surface area contributed by atoms with Gasteiger partial charge < -0.3 is 15.0 Å². The van der Waals surface area contributed by atoms with Crippen LogP contribution in [0.1, 0.15) is 31.9 Å².